The Morgan fingerprint density at radius 3 is 2.78 bits per heavy atom. The highest BCUT2D eigenvalue weighted by atomic mass is 35.5. The molecule has 2 heterocycles. The fourth-order valence-electron chi connectivity index (χ4n) is 2.68. The lowest BCUT2D eigenvalue weighted by atomic mass is 10.1. The Morgan fingerprint density at radius 2 is 2.00 bits per heavy atom. The molecule has 0 saturated carbocycles. The first-order valence-electron chi connectivity index (χ1n) is 8.23. The third-order valence-corrected chi connectivity index (χ3v) is 5.45. The molecule has 4 aromatic rings. The molecule has 0 N–H and O–H groups in total. The molecule has 0 fully saturated rings. The van der Waals surface area contributed by atoms with Crippen LogP contribution in [-0.4, -0.2) is 15.6 Å². The molecule has 7 heteroatoms. The molecule has 27 heavy (non-hydrogen) atoms. The first-order chi connectivity index (χ1) is 13.1. The summed E-state index contributed by atoms with van der Waals surface area (Å²) in [6, 6.07) is 13.6. The second-order valence-electron chi connectivity index (χ2n) is 6.01. The molecule has 0 aliphatic heterocycles. The van der Waals surface area contributed by atoms with Crippen LogP contribution >= 0.6 is 34.5 Å². The predicted octanol–water partition coefficient (Wildman–Crippen LogP) is 6.23. The Bertz CT molecular complexity index is 1120. The van der Waals surface area contributed by atoms with Crippen molar-refractivity contribution < 1.29 is 4.84 Å². The van der Waals surface area contributed by atoms with Crippen molar-refractivity contribution in [3.05, 3.63) is 80.9 Å². The molecule has 0 radical (unpaired) electrons. The van der Waals surface area contributed by atoms with Crippen LogP contribution in [0.2, 0.25) is 10.0 Å². The summed E-state index contributed by atoms with van der Waals surface area (Å²) in [5.74, 6) is 0. The number of aryl methyl sites for hydroxylation is 1. The average molecular weight is 416 g/mol. The van der Waals surface area contributed by atoms with E-state index in [0.29, 0.717) is 10.0 Å². The van der Waals surface area contributed by atoms with Gasteiger partial charge in [0.25, 0.3) is 0 Å². The number of imidazole rings is 1. The van der Waals surface area contributed by atoms with Gasteiger partial charge in [-0.05, 0) is 19.1 Å². The molecule has 0 unspecified atom stereocenters. The molecule has 0 saturated heterocycles. The van der Waals surface area contributed by atoms with E-state index in [4.69, 9.17) is 33.0 Å². The van der Waals surface area contributed by atoms with E-state index in [0.717, 1.165) is 27.5 Å². The Hall–Kier alpha value is -2.34. The van der Waals surface area contributed by atoms with E-state index < -0.39 is 0 Å². The number of fused-ring (bicyclic) bond motifs is 1. The maximum Gasteiger partial charge on any atom is 0.194 e. The van der Waals surface area contributed by atoms with Gasteiger partial charge in [-0.3, -0.25) is 4.40 Å². The average Bonchev–Trinajstić information content (AvgIpc) is 3.23. The smallest absolute Gasteiger partial charge is 0.194 e. The van der Waals surface area contributed by atoms with Crippen molar-refractivity contribution in [2.45, 2.75) is 13.5 Å². The van der Waals surface area contributed by atoms with Crippen LogP contribution in [-0.2, 0) is 11.4 Å². The summed E-state index contributed by atoms with van der Waals surface area (Å²) in [4.78, 5) is 11.1. The summed E-state index contributed by atoms with van der Waals surface area (Å²) < 4.78 is 2.00. The van der Waals surface area contributed by atoms with Gasteiger partial charge in [-0.15, -0.1) is 11.3 Å². The number of rotatable bonds is 5. The first-order valence-corrected chi connectivity index (χ1v) is 9.87. The Morgan fingerprint density at radius 1 is 1.19 bits per heavy atom. The van der Waals surface area contributed by atoms with Crippen LogP contribution in [0.3, 0.4) is 0 Å². The molecule has 136 valence electrons. The van der Waals surface area contributed by atoms with Crippen LogP contribution in [0.25, 0.3) is 16.2 Å². The largest absolute Gasteiger partial charge is 0.391 e. The molecule has 0 spiro atoms. The molecule has 4 nitrogen and oxygen atoms in total. The highest BCUT2D eigenvalue weighted by molar-refractivity contribution is 7.15. The van der Waals surface area contributed by atoms with Gasteiger partial charge in [-0.1, -0.05) is 64.3 Å². The summed E-state index contributed by atoms with van der Waals surface area (Å²) in [7, 11) is 0. The Balaban J connectivity index is 1.59. The van der Waals surface area contributed by atoms with Crippen molar-refractivity contribution in [2.75, 3.05) is 0 Å². The van der Waals surface area contributed by atoms with Crippen molar-refractivity contribution in [1.29, 1.82) is 0 Å². The van der Waals surface area contributed by atoms with Gasteiger partial charge in [-0.2, -0.15) is 0 Å². The molecule has 0 aliphatic carbocycles. The Kier molecular flexibility index (Phi) is 5.16. The number of thiazole rings is 1. The molecule has 0 atom stereocenters. The lowest BCUT2D eigenvalue weighted by Gasteiger charge is -2.03. The van der Waals surface area contributed by atoms with Crippen LogP contribution in [0.4, 0.5) is 0 Å². The summed E-state index contributed by atoms with van der Waals surface area (Å²) in [5, 5.41) is 7.28. The number of hydrogen-bond acceptors (Lipinski definition) is 4. The summed E-state index contributed by atoms with van der Waals surface area (Å²) in [6.07, 6.45) is 3.66. The van der Waals surface area contributed by atoms with Gasteiger partial charge in [0, 0.05) is 32.7 Å². The fraction of sp³-hybridized carbons (Fsp3) is 0.100. The normalized spacial score (nSPS) is 11.5. The first kappa shape index (κ1) is 18.0. The number of nitrogens with zero attached hydrogens (tertiary/aromatic N) is 3. The van der Waals surface area contributed by atoms with E-state index >= 15 is 0 Å². The van der Waals surface area contributed by atoms with Gasteiger partial charge in [0.05, 0.1) is 17.6 Å². The third-order valence-electron chi connectivity index (χ3n) is 4.11. The number of aromatic nitrogens is 2. The monoisotopic (exact) mass is 415 g/mol. The van der Waals surface area contributed by atoms with Crippen molar-refractivity contribution >= 4 is 45.7 Å². The lowest BCUT2D eigenvalue weighted by Crippen LogP contribution is -1.94. The third kappa shape index (κ3) is 3.86. The van der Waals surface area contributed by atoms with Crippen molar-refractivity contribution in [1.82, 2.24) is 9.38 Å². The minimum absolute atomic E-state index is 0.262. The maximum absolute atomic E-state index is 6.16. The van der Waals surface area contributed by atoms with Crippen LogP contribution in [0.1, 0.15) is 16.8 Å². The molecular formula is C20H15Cl2N3OS. The number of hydrogen-bond donors (Lipinski definition) is 0. The molecular weight excluding hydrogens is 401 g/mol. The second-order valence-corrected chi connectivity index (χ2v) is 7.73. The predicted molar refractivity (Wildman–Crippen MR) is 112 cm³/mol. The van der Waals surface area contributed by atoms with Gasteiger partial charge in [-0.25, -0.2) is 4.98 Å². The van der Waals surface area contributed by atoms with E-state index in [2.05, 4.69) is 36.3 Å². The minimum atomic E-state index is 0.262. The highest BCUT2D eigenvalue weighted by Gasteiger charge is 2.13. The number of benzene rings is 2. The standard InChI is InChI=1S/C20H15Cl2N3OS/c1-13-2-4-14(5-3-13)19-18(25-8-9-27-20(25)24-19)11-23-26-12-15-6-7-16(21)10-17(15)22/h2-11H,12H2,1H3/b23-11-. The molecule has 0 amide bonds. The van der Waals surface area contributed by atoms with Crippen molar-refractivity contribution in [3.8, 4) is 11.3 Å². The van der Waals surface area contributed by atoms with E-state index in [1.165, 1.54) is 5.56 Å². The molecule has 2 aromatic heterocycles. The quantitative estimate of drug-likeness (QED) is 0.286. The van der Waals surface area contributed by atoms with Crippen LogP contribution in [0.5, 0.6) is 0 Å². The number of halogens is 2. The zero-order valence-electron chi connectivity index (χ0n) is 14.4. The van der Waals surface area contributed by atoms with Gasteiger partial charge < -0.3 is 4.84 Å². The van der Waals surface area contributed by atoms with Gasteiger partial charge in [0.15, 0.2) is 4.96 Å². The summed E-state index contributed by atoms with van der Waals surface area (Å²) in [6.45, 7) is 2.32. The van der Waals surface area contributed by atoms with E-state index in [1.54, 1.807) is 29.7 Å². The van der Waals surface area contributed by atoms with E-state index in [-0.39, 0.29) is 6.61 Å². The molecule has 0 bridgehead atoms. The summed E-state index contributed by atoms with van der Waals surface area (Å²) >= 11 is 13.7. The van der Waals surface area contributed by atoms with Crippen molar-refractivity contribution in [2.24, 2.45) is 5.16 Å². The van der Waals surface area contributed by atoms with E-state index in [9.17, 15) is 0 Å². The Labute approximate surface area is 170 Å². The van der Waals surface area contributed by atoms with E-state index in [1.807, 2.05) is 22.0 Å². The molecule has 4 rings (SSSR count). The number of oxime groups is 1. The summed E-state index contributed by atoms with van der Waals surface area (Å²) in [5.41, 5.74) is 4.82. The maximum atomic E-state index is 6.16. The zero-order valence-corrected chi connectivity index (χ0v) is 16.7. The van der Waals surface area contributed by atoms with Crippen molar-refractivity contribution in [3.63, 3.8) is 0 Å². The fourth-order valence-corrected chi connectivity index (χ4v) is 3.87. The molecule has 0 aliphatic rings. The second kappa shape index (κ2) is 7.72. The SMILES string of the molecule is Cc1ccc(-c2nc3sccn3c2/C=N\OCc2ccc(Cl)cc2Cl)cc1. The van der Waals surface area contributed by atoms with Crippen LogP contribution < -0.4 is 0 Å². The highest BCUT2D eigenvalue weighted by Crippen LogP contribution is 2.26. The minimum Gasteiger partial charge on any atom is -0.391 e. The van der Waals surface area contributed by atoms with Gasteiger partial charge in [0.1, 0.15) is 6.61 Å². The van der Waals surface area contributed by atoms with Gasteiger partial charge >= 0.3 is 0 Å². The van der Waals surface area contributed by atoms with Gasteiger partial charge in [0.2, 0.25) is 0 Å². The lowest BCUT2D eigenvalue weighted by molar-refractivity contribution is 0.132. The van der Waals surface area contributed by atoms with Crippen LogP contribution in [0.15, 0.2) is 59.2 Å². The molecule has 2 aromatic carbocycles. The van der Waals surface area contributed by atoms with Crippen LogP contribution in [0, 0.1) is 6.92 Å². The topological polar surface area (TPSA) is 38.9 Å². The zero-order chi connectivity index (χ0) is 18.8.